The predicted molar refractivity (Wildman–Crippen MR) is 78.0 cm³/mol. The minimum Gasteiger partial charge on any atom is -0.478 e. The molecule has 1 atom stereocenters. The molecule has 1 unspecified atom stereocenters. The summed E-state index contributed by atoms with van der Waals surface area (Å²) in [5.41, 5.74) is 1.81. The van der Waals surface area contributed by atoms with Gasteiger partial charge < -0.3 is 5.11 Å². The van der Waals surface area contributed by atoms with Crippen LogP contribution in [0.5, 0.6) is 0 Å². The number of hydrogen-bond donors (Lipinski definition) is 1. The molecule has 1 aromatic carbocycles. The number of hydrogen-bond acceptors (Lipinski definition) is 1. The SMILES string of the molecule is O=C(O)/C=C1\CCCCCC1c1c(Cl)cccc1Cl. The third-order valence-electron chi connectivity index (χ3n) is 3.56. The standard InChI is InChI=1S/C15H16Cl2O2/c16-12-7-4-8-13(17)15(12)11-6-3-1-2-5-10(11)9-14(18)19/h4,7-9,11H,1-3,5-6H2,(H,18,19)/b10-9+. The second-order valence-electron chi connectivity index (χ2n) is 4.84. The summed E-state index contributed by atoms with van der Waals surface area (Å²) in [4.78, 5) is 11.0. The molecule has 0 heterocycles. The summed E-state index contributed by atoms with van der Waals surface area (Å²) in [5.74, 6) is -0.870. The zero-order chi connectivity index (χ0) is 13.8. The van der Waals surface area contributed by atoms with Gasteiger partial charge in [0, 0.05) is 22.0 Å². The number of halogens is 2. The predicted octanol–water partition coefficient (Wildman–Crippen LogP) is 5.05. The van der Waals surface area contributed by atoms with Gasteiger partial charge in [0.2, 0.25) is 0 Å². The Morgan fingerprint density at radius 3 is 2.53 bits per heavy atom. The molecule has 4 heteroatoms. The first-order chi connectivity index (χ1) is 9.09. The van der Waals surface area contributed by atoms with Crippen molar-refractivity contribution in [1.29, 1.82) is 0 Å². The minimum absolute atomic E-state index is 0.0276. The third-order valence-corrected chi connectivity index (χ3v) is 4.22. The molecule has 2 nitrogen and oxygen atoms in total. The smallest absolute Gasteiger partial charge is 0.328 e. The Labute approximate surface area is 123 Å². The Balaban J connectivity index is 2.46. The number of carbonyl (C=O) groups is 1. The van der Waals surface area contributed by atoms with E-state index < -0.39 is 5.97 Å². The molecule has 1 saturated carbocycles. The van der Waals surface area contributed by atoms with Crippen LogP contribution in [0.3, 0.4) is 0 Å². The van der Waals surface area contributed by atoms with E-state index in [0.717, 1.165) is 43.2 Å². The van der Waals surface area contributed by atoms with E-state index >= 15 is 0 Å². The van der Waals surface area contributed by atoms with Crippen LogP contribution in [0.1, 0.15) is 43.6 Å². The highest BCUT2D eigenvalue weighted by atomic mass is 35.5. The molecule has 0 spiro atoms. The third kappa shape index (κ3) is 3.52. The highest BCUT2D eigenvalue weighted by molar-refractivity contribution is 6.36. The number of rotatable bonds is 2. The van der Waals surface area contributed by atoms with Crippen molar-refractivity contribution in [3.8, 4) is 0 Å². The lowest BCUT2D eigenvalue weighted by Crippen LogP contribution is -2.05. The van der Waals surface area contributed by atoms with Gasteiger partial charge in [0.1, 0.15) is 0 Å². The number of carboxylic acids is 1. The molecule has 0 saturated heterocycles. The maximum Gasteiger partial charge on any atom is 0.328 e. The van der Waals surface area contributed by atoms with Crippen LogP contribution >= 0.6 is 23.2 Å². The molecule has 0 aromatic heterocycles. The van der Waals surface area contributed by atoms with Crippen molar-refractivity contribution >= 4 is 29.2 Å². The fraction of sp³-hybridized carbons (Fsp3) is 0.400. The zero-order valence-corrected chi connectivity index (χ0v) is 12.0. The van der Waals surface area contributed by atoms with Crippen LogP contribution in [0.2, 0.25) is 10.0 Å². The summed E-state index contributed by atoms with van der Waals surface area (Å²) in [6.45, 7) is 0. The molecule has 1 fully saturated rings. The lowest BCUT2D eigenvalue weighted by Gasteiger charge is -2.20. The second-order valence-corrected chi connectivity index (χ2v) is 5.66. The van der Waals surface area contributed by atoms with Crippen molar-refractivity contribution in [3.63, 3.8) is 0 Å². The van der Waals surface area contributed by atoms with Crippen molar-refractivity contribution in [3.05, 3.63) is 45.5 Å². The lowest BCUT2D eigenvalue weighted by molar-refractivity contribution is -0.131. The summed E-state index contributed by atoms with van der Waals surface area (Å²) in [6, 6.07) is 5.43. The van der Waals surface area contributed by atoms with Crippen LogP contribution in [0.15, 0.2) is 29.8 Å². The van der Waals surface area contributed by atoms with E-state index in [9.17, 15) is 4.79 Å². The molecule has 102 valence electrons. The van der Waals surface area contributed by atoms with Crippen LogP contribution in [0, 0.1) is 0 Å². The van der Waals surface area contributed by atoms with E-state index in [1.165, 1.54) is 6.08 Å². The number of benzene rings is 1. The normalized spacial score (nSPS) is 22.2. The molecule has 19 heavy (non-hydrogen) atoms. The van der Waals surface area contributed by atoms with Gasteiger partial charge in [0.15, 0.2) is 0 Å². The van der Waals surface area contributed by atoms with Crippen molar-refractivity contribution in [2.75, 3.05) is 0 Å². The first kappa shape index (κ1) is 14.4. The van der Waals surface area contributed by atoms with Crippen molar-refractivity contribution in [2.45, 2.75) is 38.0 Å². The monoisotopic (exact) mass is 298 g/mol. The quantitative estimate of drug-likeness (QED) is 0.612. The van der Waals surface area contributed by atoms with Gasteiger partial charge in [-0.2, -0.15) is 0 Å². The molecule has 1 aliphatic carbocycles. The molecule has 2 rings (SSSR count). The summed E-state index contributed by atoms with van der Waals surface area (Å²) in [7, 11) is 0. The van der Waals surface area contributed by atoms with Crippen LogP contribution < -0.4 is 0 Å². The van der Waals surface area contributed by atoms with Crippen LogP contribution in [-0.2, 0) is 4.79 Å². The Hall–Kier alpha value is -0.990. The summed E-state index contributed by atoms with van der Waals surface area (Å²) >= 11 is 12.5. The summed E-state index contributed by atoms with van der Waals surface area (Å²) < 4.78 is 0. The van der Waals surface area contributed by atoms with Crippen LogP contribution in [0.4, 0.5) is 0 Å². The molecule has 0 bridgehead atoms. The Morgan fingerprint density at radius 2 is 1.89 bits per heavy atom. The van der Waals surface area contributed by atoms with Gasteiger partial charge in [-0.3, -0.25) is 0 Å². The molecular weight excluding hydrogens is 283 g/mol. The number of carboxylic acid groups (broad SMARTS) is 1. The highest BCUT2D eigenvalue weighted by Gasteiger charge is 2.24. The first-order valence-electron chi connectivity index (χ1n) is 6.47. The van der Waals surface area contributed by atoms with E-state index in [2.05, 4.69) is 0 Å². The molecule has 0 amide bonds. The fourth-order valence-electron chi connectivity index (χ4n) is 2.72. The van der Waals surface area contributed by atoms with E-state index in [4.69, 9.17) is 28.3 Å². The second kappa shape index (κ2) is 6.44. The van der Waals surface area contributed by atoms with Crippen molar-refractivity contribution in [2.24, 2.45) is 0 Å². The topological polar surface area (TPSA) is 37.3 Å². The van der Waals surface area contributed by atoms with Gasteiger partial charge in [0.25, 0.3) is 0 Å². The molecule has 0 aliphatic heterocycles. The molecule has 1 N–H and O–H groups in total. The maximum atomic E-state index is 11.0. The van der Waals surface area contributed by atoms with Crippen molar-refractivity contribution in [1.82, 2.24) is 0 Å². The average molecular weight is 299 g/mol. The van der Waals surface area contributed by atoms with Gasteiger partial charge >= 0.3 is 5.97 Å². The van der Waals surface area contributed by atoms with Gasteiger partial charge in [-0.25, -0.2) is 4.79 Å². The highest BCUT2D eigenvalue weighted by Crippen LogP contribution is 2.42. The van der Waals surface area contributed by atoms with Crippen LogP contribution in [0.25, 0.3) is 0 Å². The maximum absolute atomic E-state index is 11.0. The summed E-state index contributed by atoms with van der Waals surface area (Å²) in [6.07, 6.45) is 6.26. The zero-order valence-electron chi connectivity index (χ0n) is 10.5. The largest absolute Gasteiger partial charge is 0.478 e. The Kier molecular flexibility index (Phi) is 4.89. The van der Waals surface area contributed by atoms with E-state index in [0.29, 0.717) is 10.0 Å². The van der Waals surface area contributed by atoms with E-state index in [1.807, 2.05) is 18.2 Å². The average Bonchev–Trinajstić information content (AvgIpc) is 2.55. The summed E-state index contributed by atoms with van der Waals surface area (Å²) in [5, 5.41) is 10.3. The molecule has 0 radical (unpaired) electrons. The van der Waals surface area contributed by atoms with Gasteiger partial charge in [0.05, 0.1) is 0 Å². The van der Waals surface area contributed by atoms with Crippen LogP contribution in [-0.4, -0.2) is 11.1 Å². The number of aliphatic carboxylic acids is 1. The van der Waals surface area contributed by atoms with E-state index in [-0.39, 0.29) is 5.92 Å². The minimum atomic E-state index is -0.898. The van der Waals surface area contributed by atoms with Gasteiger partial charge in [-0.05, 0) is 37.0 Å². The van der Waals surface area contributed by atoms with Crippen molar-refractivity contribution < 1.29 is 9.90 Å². The molecule has 1 aliphatic rings. The van der Waals surface area contributed by atoms with Gasteiger partial charge in [-0.15, -0.1) is 0 Å². The Bertz CT molecular complexity index is 489. The molecule has 1 aromatic rings. The number of allylic oxidation sites excluding steroid dienone is 1. The fourth-order valence-corrected chi connectivity index (χ4v) is 3.38. The van der Waals surface area contributed by atoms with E-state index in [1.54, 1.807) is 0 Å². The van der Waals surface area contributed by atoms with Gasteiger partial charge in [-0.1, -0.05) is 47.7 Å². The first-order valence-corrected chi connectivity index (χ1v) is 7.22. The Morgan fingerprint density at radius 1 is 1.21 bits per heavy atom. The molecular formula is C15H16Cl2O2. The lowest BCUT2D eigenvalue weighted by atomic mass is 9.87.